The van der Waals surface area contributed by atoms with Gasteiger partial charge in [0.25, 0.3) is 0 Å². The fraction of sp³-hybridized carbons (Fsp3) is 0.308. The van der Waals surface area contributed by atoms with Gasteiger partial charge >= 0.3 is 0 Å². The molecule has 0 N–H and O–H groups in total. The van der Waals surface area contributed by atoms with Crippen LogP contribution in [-0.4, -0.2) is 29.3 Å². The second kappa shape index (κ2) is 10.0. The van der Waals surface area contributed by atoms with Crippen molar-refractivity contribution in [2.24, 2.45) is 0 Å². The van der Waals surface area contributed by atoms with Crippen LogP contribution in [0.4, 0.5) is 0 Å². The molecule has 0 spiro atoms. The van der Waals surface area contributed by atoms with Crippen LogP contribution in [0.25, 0.3) is 10.8 Å². The second-order valence-corrected chi connectivity index (χ2v) is 7.60. The van der Waals surface area contributed by atoms with Crippen molar-refractivity contribution in [3.8, 4) is 12.3 Å². The van der Waals surface area contributed by atoms with Crippen molar-refractivity contribution in [3.05, 3.63) is 77.1 Å². The number of terminal acetylenes is 1. The minimum absolute atomic E-state index is 0. The maximum Gasteiger partial charge on any atom is 0.151 e. The Morgan fingerprint density at radius 2 is 1.93 bits per heavy atom. The Labute approximate surface area is 175 Å². The summed E-state index contributed by atoms with van der Waals surface area (Å²) in [5.41, 5.74) is 3.85. The third-order valence-electron chi connectivity index (χ3n) is 5.59. The van der Waals surface area contributed by atoms with Crippen LogP contribution < -0.4 is 0 Å². The largest absolute Gasteiger partial charge is 0.299 e. The average molecular weight is 386 g/mol. The molecule has 0 saturated carbocycles. The van der Waals surface area contributed by atoms with Gasteiger partial charge in [-0.2, -0.15) is 0 Å². The minimum Gasteiger partial charge on any atom is -0.299 e. The lowest BCUT2D eigenvalue weighted by atomic mass is 9.95. The monoisotopic (exact) mass is 385 g/mol. The molecular formula is C26H29N2O. The Kier molecular flexibility index (Phi) is 7.16. The van der Waals surface area contributed by atoms with Gasteiger partial charge in [-0.25, -0.2) is 0 Å². The van der Waals surface area contributed by atoms with E-state index in [1.54, 1.807) is 0 Å². The number of aromatic nitrogens is 1. The Bertz CT molecular complexity index is 1010. The van der Waals surface area contributed by atoms with Crippen LogP contribution in [-0.2, 0) is 13.0 Å². The predicted molar refractivity (Wildman–Crippen MR) is 121 cm³/mol. The molecule has 3 aromatic rings. The summed E-state index contributed by atoms with van der Waals surface area (Å²) in [6, 6.07) is 14.9. The quantitative estimate of drug-likeness (QED) is 0.366. The van der Waals surface area contributed by atoms with Crippen LogP contribution >= 0.6 is 0 Å². The molecule has 0 aliphatic rings. The van der Waals surface area contributed by atoms with Gasteiger partial charge in [0.2, 0.25) is 0 Å². The zero-order chi connectivity index (χ0) is 20.6. The molecule has 3 rings (SSSR count). The van der Waals surface area contributed by atoms with E-state index in [2.05, 4.69) is 54.0 Å². The smallest absolute Gasteiger partial charge is 0.151 e. The van der Waals surface area contributed by atoms with Crippen molar-refractivity contribution in [3.63, 3.8) is 0 Å². The van der Waals surface area contributed by atoms with E-state index in [0.29, 0.717) is 17.2 Å². The predicted octanol–water partition coefficient (Wildman–Crippen LogP) is 5.37. The van der Waals surface area contributed by atoms with Gasteiger partial charge in [-0.15, -0.1) is 6.42 Å². The molecule has 1 heterocycles. The number of nitrogens with zero attached hydrogens (tertiary/aromatic N) is 2. The van der Waals surface area contributed by atoms with Gasteiger partial charge < -0.3 is 0 Å². The number of carbonyl (C=O) groups is 1. The number of carbonyl (C=O) groups excluding carboxylic acids is 1. The highest BCUT2D eigenvalue weighted by molar-refractivity contribution is 6.00. The normalized spacial score (nSPS) is 12.1. The summed E-state index contributed by atoms with van der Waals surface area (Å²) in [5, 5.41) is 2.00. The fourth-order valence-electron chi connectivity index (χ4n) is 3.97. The molecule has 1 radical (unpaired) electrons. The molecule has 0 fully saturated rings. The van der Waals surface area contributed by atoms with Crippen molar-refractivity contribution in [1.82, 2.24) is 9.88 Å². The van der Waals surface area contributed by atoms with Gasteiger partial charge in [-0.1, -0.05) is 43.5 Å². The van der Waals surface area contributed by atoms with Gasteiger partial charge in [-0.3, -0.25) is 14.7 Å². The first kappa shape index (κ1) is 20.8. The van der Waals surface area contributed by atoms with Crippen LogP contribution in [0.5, 0.6) is 0 Å². The lowest BCUT2D eigenvalue weighted by Crippen LogP contribution is -2.31. The van der Waals surface area contributed by atoms with E-state index in [0.717, 1.165) is 36.4 Å². The Balaban J connectivity index is 0.00000320. The van der Waals surface area contributed by atoms with E-state index in [9.17, 15) is 4.79 Å². The Hall–Kier alpha value is -2.96. The molecule has 0 aliphatic heterocycles. The van der Waals surface area contributed by atoms with E-state index in [-0.39, 0.29) is 1.43 Å². The standard InChI is InChI=1S/C26H28N2O.H/c1-4-6-24(28(3)18-21-13-15-27-16-14-21)11-7-20-8-12-25-23(17-20)10-9-22(5-2)26(25)19-29;/h2,8-10,12-17,19,24H,4,6-7,11,18H2,1,3H3;. The third kappa shape index (κ3) is 5.10. The maximum absolute atomic E-state index is 11.5. The highest BCUT2D eigenvalue weighted by atomic mass is 16.1. The summed E-state index contributed by atoms with van der Waals surface area (Å²) < 4.78 is 0. The SMILES string of the molecule is C#Cc1ccc2cc(CCC(CCC)N(C)Cc3ccncc3)ccc2c1C=O.[H]. The molecular weight excluding hydrogens is 356 g/mol. The van der Waals surface area contributed by atoms with E-state index in [1.165, 1.54) is 24.0 Å². The molecule has 2 aromatic carbocycles. The van der Waals surface area contributed by atoms with E-state index < -0.39 is 0 Å². The molecule has 1 aromatic heterocycles. The van der Waals surface area contributed by atoms with Crippen LogP contribution in [0.15, 0.2) is 54.9 Å². The van der Waals surface area contributed by atoms with Crippen LogP contribution in [0.3, 0.4) is 0 Å². The number of hydrogen-bond acceptors (Lipinski definition) is 3. The van der Waals surface area contributed by atoms with Crippen LogP contribution in [0.1, 0.15) is 54.7 Å². The minimum atomic E-state index is 0. The fourth-order valence-corrected chi connectivity index (χ4v) is 3.97. The Morgan fingerprint density at radius 3 is 2.62 bits per heavy atom. The van der Waals surface area contributed by atoms with Crippen LogP contribution in [0, 0.1) is 12.3 Å². The molecule has 0 bridgehead atoms. The zero-order valence-corrected chi connectivity index (χ0v) is 17.3. The van der Waals surface area contributed by atoms with Gasteiger partial charge in [-0.05, 0) is 66.4 Å². The van der Waals surface area contributed by atoms with Crippen LogP contribution in [0.2, 0.25) is 0 Å². The first-order valence-corrected chi connectivity index (χ1v) is 10.2. The third-order valence-corrected chi connectivity index (χ3v) is 5.59. The number of pyridine rings is 1. The molecule has 3 nitrogen and oxygen atoms in total. The molecule has 0 amide bonds. The number of aldehydes is 1. The molecule has 1 atom stereocenters. The molecule has 0 saturated heterocycles. The van der Waals surface area contributed by atoms with Gasteiger partial charge in [0.1, 0.15) is 0 Å². The zero-order valence-electron chi connectivity index (χ0n) is 18.3. The number of rotatable bonds is 9. The van der Waals surface area contributed by atoms with E-state index in [4.69, 9.17) is 6.42 Å². The first-order valence-electron chi connectivity index (χ1n) is 10.2. The summed E-state index contributed by atoms with van der Waals surface area (Å²) in [4.78, 5) is 18.0. The summed E-state index contributed by atoms with van der Waals surface area (Å²) in [7, 11) is 2.21. The molecule has 1 unspecified atom stereocenters. The number of aryl methyl sites for hydroxylation is 1. The molecule has 0 aliphatic carbocycles. The van der Waals surface area contributed by atoms with E-state index in [1.807, 2.05) is 30.6 Å². The van der Waals surface area contributed by atoms with Crippen molar-refractivity contribution in [1.29, 1.82) is 0 Å². The van der Waals surface area contributed by atoms with Crippen molar-refractivity contribution < 1.29 is 6.22 Å². The highest BCUT2D eigenvalue weighted by Gasteiger charge is 2.15. The molecule has 3 heteroatoms. The summed E-state index contributed by atoms with van der Waals surface area (Å²) in [6.07, 6.45) is 14.5. The highest BCUT2D eigenvalue weighted by Crippen LogP contribution is 2.24. The summed E-state index contributed by atoms with van der Waals surface area (Å²) >= 11 is 0. The lowest BCUT2D eigenvalue weighted by molar-refractivity contribution is 0.112. The first-order chi connectivity index (χ1) is 14.2. The van der Waals surface area contributed by atoms with Gasteiger partial charge in [0.15, 0.2) is 6.29 Å². The summed E-state index contributed by atoms with van der Waals surface area (Å²) in [6.45, 7) is 3.18. The topological polar surface area (TPSA) is 33.2 Å². The number of fused-ring (bicyclic) bond motifs is 1. The molecule has 29 heavy (non-hydrogen) atoms. The number of hydrogen-bond donors (Lipinski definition) is 0. The lowest BCUT2D eigenvalue weighted by Gasteiger charge is -2.28. The molecule has 149 valence electrons. The summed E-state index contributed by atoms with van der Waals surface area (Å²) in [5.74, 6) is 2.60. The van der Waals surface area contributed by atoms with Gasteiger partial charge in [0.05, 0.1) is 0 Å². The van der Waals surface area contributed by atoms with Crippen molar-refractivity contribution >= 4 is 17.1 Å². The van der Waals surface area contributed by atoms with Crippen molar-refractivity contribution in [2.45, 2.75) is 45.2 Å². The van der Waals surface area contributed by atoms with Crippen molar-refractivity contribution in [2.75, 3.05) is 7.05 Å². The van der Waals surface area contributed by atoms with Gasteiger partial charge in [0, 0.05) is 37.5 Å². The Morgan fingerprint density at radius 1 is 1.14 bits per heavy atom. The average Bonchev–Trinajstić information content (AvgIpc) is 2.76. The number of benzene rings is 2. The maximum atomic E-state index is 11.5. The second-order valence-electron chi connectivity index (χ2n) is 7.60. The van der Waals surface area contributed by atoms with E-state index >= 15 is 0 Å².